The fourth-order valence-electron chi connectivity index (χ4n) is 2.05. The van der Waals surface area contributed by atoms with Gasteiger partial charge in [0.2, 0.25) is 0 Å². The zero-order chi connectivity index (χ0) is 16.6. The van der Waals surface area contributed by atoms with Crippen molar-refractivity contribution in [3.63, 3.8) is 0 Å². The number of fused-ring (bicyclic) bond motifs is 1. The standard InChI is InChI=1S/C14H8O8.2Na/c15-11(16)5-1-7-8(10(3-5)14(21)22)2-6(12(17)18)4-9(7)13(19)20;;/h1-4H,(H,15,16)(H,17,18)(H,19,20)(H,21,22);;/q;2*+1/p-2. The van der Waals surface area contributed by atoms with Crippen LogP contribution >= 0.6 is 0 Å². The minimum atomic E-state index is -1.69. The Bertz CT molecular complexity index is 788. The topological polar surface area (TPSA) is 155 Å². The Kier molecular flexibility index (Phi) is 8.10. The first-order valence-electron chi connectivity index (χ1n) is 5.73. The molecule has 10 heteroatoms. The van der Waals surface area contributed by atoms with Crippen LogP contribution in [0.2, 0.25) is 0 Å². The van der Waals surface area contributed by atoms with Crippen LogP contribution in [0.3, 0.4) is 0 Å². The summed E-state index contributed by atoms with van der Waals surface area (Å²) in [5, 5.41) is 39.6. The van der Waals surface area contributed by atoms with E-state index in [2.05, 4.69) is 0 Å². The van der Waals surface area contributed by atoms with Crippen LogP contribution in [0.4, 0.5) is 0 Å². The summed E-state index contributed by atoms with van der Waals surface area (Å²) >= 11 is 0. The molecule has 0 amide bonds. The van der Waals surface area contributed by atoms with Gasteiger partial charge < -0.3 is 30.0 Å². The van der Waals surface area contributed by atoms with E-state index in [0.717, 1.165) is 24.3 Å². The molecule has 0 aliphatic rings. The number of hydrogen-bond acceptors (Lipinski definition) is 6. The molecular formula is C14H6Na2O8. The Hall–Kier alpha value is -1.42. The van der Waals surface area contributed by atoms with Gasteiger partial charge in [-0.25, -0.2) is 9.59 Å². The second-order valence-electron chi connectivity index (χ2n) is 4.33. The van der Waals surface area contributed by atoms with Crippen molar-refractivity contribution >= 4 is 34.6 Å². The first-order valence-corrected chi connectivity index (χ1v) is 5.73. The van der Waals surface area contributed by atoms with Crippen molar-refractivity contribution in [1.82, 2.24) is 0 Å². The van der Waals surface area contributed by atoms with E-state index in [4.69, 9.17) is 10.2 Å². The summed E-state index contributed by atoms with van der Waals surface area (Å²) in [6, 6.07) is 3.37. The molecule has 0 aromatic heterocycles. The molecule has 0 saturated heterocycles. The zero-order valence-corrected chi connectivity index (χ0v) is 16.7. The molecule has 0 atom stereocenters. The van der Waals surface area contributed by atoms with Gasteiger partial charge in [0.1, 0.15) is 0 Å². The van der Waals surface area contributed by atoms with E-state index in [0.29, 0.717) is 0 Å². The average Bonchev–Trinajstić information content (AvgIpc) is 2.44. The quantitative estimate of drug-likeness (QED) is 0.517. The fraction of sp³-hybridized carbons (Fsp3) is 0. The van der Waals surface area contributed by atoms with Crippen molar-refractivity contribution in [2.24, 2.45) is 0 Å². The normalized spacial score (nSPS) is 9.50. The SMILES string of the molecule is O=C([O-])c1cc(C(=O)O)c2cc(C(=O)[O-])cc(C(=O)O)c2c1.[Na+].[Na+]. The Morgan fingerprint density at radius 2 is 0.958 bits per heavy atom. The molecule has 0 bridgehead atoms. The zero-order valence-electron chi connectivity index (χ0n) is 12.7. The fourth-order valence-corrected chi connectivity index (χ4v) is 2.05. The van der Waals surface area contributed by atoms with Crippen LogP contribution in [0.5, 0.6) is 0 Å². The predicted molar refractivity (Wildman–Crippen MR) is 66.5 cm³/mol. The molecule has 2 N–H and O–H groups in total. The van der Waals surface area contributed by atoms with Gasteiger partial charge in [0.05, 0.1) is 23.1 Å². The smallest absolute Gasteiger partial charge is 0.545 e. The minimum absolute atomic E-state index is 0. The summed E-state index contributed by atoms with van der Waals surface area (Å²) in [6.45, 7) is 0. The van der Waals surface area contributed by atoms with Gasteiger partial charge in [-0.05, 0) is 46.2 Å². The summed E-state index contributed by atoms with van der Waals surface area (Å²) in [4.78, 5) is 44.3. The molecule has 2 aromatic rings. The summed E-state index contributed by atoms with van der Waals surface area (Å²) in [5.74, 6) is -6.46. The molecule has 0 radical (unpaired) electrons. The van der Waals surface area contributed by atoms with Crippen molar-refractivity contribution in [3.8, 4) is 0 Å². The van der Waals surface area contributed by atoms with Gasteiger partial charge >= 0.3 is 71.1 Å². The van der Waals surface area contributed by atoms with Crippen LogP contribution < -0.4 is 69.3 Å². The summed E-state index contributed by atoms with van der Waals surface area (Å²) in [6.07, 6.45) is 0. The molecule has 0 aliphatic carbocycles. The molecule has 0 unspecified atom stereocenters. The summed E-state index contributed by atoms with van der Waals surface area (Å²) in [7, 11) is 0. The molecule has 2 aromatic carbocycles. The van der Waals surface area contributed by atoms with E-state index in [1.165, 1.54) is 0 Å². The monoisotopic (exact) mass is 348 g/mol. The van der Waals surface area contributed by atoms with Crippen molar-refractivity contribution < 1.29 is 98.7 Å². The van der Waals surface area contributed by atoms with Crippen molar-refractivity contribution in [3.05, 3.63) is 46.5 Å². The number of hydrogen-bond donors (Lipinski definition) is 2. The van der Waals surface area contributed by atoms with Crippen molar-refractivity contribution in [2.45, 2.75) is 0 Å². The number of carboxylic acids is 4. The van der Waals surface area contributed by atoms with E-state index >= 15 is 0 Å². The Labute approximate surface area is 178 Å². The van der Waals surface area contributed by atoms with E-state index in [1.54, 1.807) is 0 Å². The second-order valence-corrected chi connectivity index (χ2v) is 4.33. The molecule has 0 spiro atoms. The van der Waals surface area contributed by atoms with Gasteiger partial charge in [-0.1, -0.05) is 0 Å². The molecule has 8 nitrogen and oxygen atoms in total. The molecule has 0 heterocycles. The van der Waals surface area contributed by atoms with E-state index in [-0.39, 0.29) is 69.9 Å². The van der Waals surface area contributed by atoms with Crippen LogP contribution in [0.25, 0.3) is 10.8 Å². The Balaban J connectivity index is 0.00000264. The second kappa shape index (κ2) is 8.61. The Morgan fingerprint density at radius 1 is 0.667 bits per heavy atom. The van der Waals surface area contributed by atoms with Gasteiger partial charge in [-0.2, -0.15) is 0 Å². The molecule has 2 rings (SSSR count). The number of carbonyl (C=O) groups is 4. The molecule has 0 fully saturated rings. The van der Waals surface area contributed by atoms with Gasteiger partial charge in [0.25, 0.3) is 0 Å². The third-order valence-electron chi connectivity index (χ3n) is 3.00. The number of carbonyl (C=O) groups excluding carboxylic acids is 2. The van der Waals surface area contributed by atoms with Crippen LogP contribution in [-0.2, 0) is 0 Å². The predicted octanol–water partition coefficient (Wildman–Crippen LogP) is -7.03. The maximum atomic E-state index is 11.2. The minimum Gasteiger partial charge on any atom is -0.545 e. The van der Waals surface area contributed by atoms with Crippen LogP contribution in [-0.4, -0.2) is 34.1 Å². The molecule has 24 heavy (non-hydrogen) atoms. The number of aromatic carboxylic acids is 4. The third-order valence-corrected chi connectivity index (χ3v) is 3.00. The van der Waals surface area contributed by atoms with E-state index < -0.39 is 46.1 Å². The van der Waals surface area contributed by atoms with Crippen molar-refractivity contribution in [2.75, 3.05) is 0 Å². The van der Waals surface area contributed by atoms with Crippen molar-refractivity contribution in [1.29, 1.82) is 0 Å². The number of rotatable bonds is 4. The maximum Gasteiger partial charge on any atom is 1.00 e. The average molecular weight is 348 g/mol. The van der Waals surface area contributed by atoms with Gasteiger partial charge in [-0.15, -0.1) is 0 Å². The Morgan fingerprint density at radius 3 is 1.17 bits per heavy atom. The van der Waals surface area contributed by atoms with Crippen LogP contribution in [0, 0.1) is 0 Å². The van der Waals surface area contributed by atoms with Gasteiger partial charge in [0, 0.05) is 0 Å². The molecule has 0 aliphatic heterocycles. The van der Waals surface area contributed by atoms with Gasteiger partial charge in [-0.3, -0.25) is 0 Å². The summed E-state index contributed by atoms with van der Waals surface area (Å²) < 4.78 is 0. The first-order chi connectivity index (χ1) is 10.2. The van der Waals surface area contributed by atoms with E-state index in [1.807, 2.05) is 0 Å². The molecule has 0 saturated carbocycles. The van der Waals surface area contributed by atoms with Crippen LogP contribution in [0.1, 0.15) is 41.4 Å². The largest absolute Gasteiger partial charge is 1.00 e. The first kappa shape index (κ1) is 22.6. The molecule has 112 valence electrons. The molecular weight excluding hydrogens is 342 g/mol. The van der Waals surface area contributed by atoms with Crippen LogP contribution in [0.15, 0.2) is 24.3 Å². The third kappa shape index (κ3) is 4.35. The summed E-state index contributed by atoms with van der Waals surface area (Å²) in [5.41, 5.74) is -2.17. The van der Waals surface area contributed by atoms with E-state index in [9.17, 15) is 29.4 Å². The number of benzene rings is 2. The maximum absolute atomic E-state index is 11.2. The number of carboxylic acid groups (broad SMARTS) is 4. The van der Waals surface area contributed by atoms with Gasteiger partial charge in [0.15, 0.2) is 0 Å².